The van der Waals surface area contributed by atoms with Crippen molar-refractivity contribution in [3.8, 4) is 0 Å². The predicted octanol–water partition coefficient (Wildman–Crippen LogP) is 1.74. The van der Waals surface area contributed by atoms with Crippen LogP contribution < -0.4 is 10.6 Å². The van der Waals surface area contributed by atoms with E-state index >= 15 is 0 Å². The van der Waals surface area contributed by atoms with Crippen molar-refractivity contribution in [2.24, 2.45) is 0 Å². The number of carbonyl (C=O) groups excluding carboxylic acids is 1. The highest BCUT2D eigenvalue weighted by Gasteiger charge is 2.33. The zero-order valence-corrected chi connectivity index (χ0v) is 14.1. The summed E-state index contributed by atoms with van der Waals surface area (Å²) in [6.45, 7) is 4.27. The lowest BCUT2D eigenvalue weighted by atomic mass is 10.00. The predicted molar refractivity (Wildman–Crippen MR) is 87.3 cm³/mol. The van der Waals surface area contributed by atoms with Gasteiger partial charge in [0.2, 0.25) is 5.91 Å². The molecule has 3 heterocycles. The third kappa shape index (κ3) is 4.34. The van der Waals surface area contributed by atoms with Crippen LogP contribution in [0.5, 0.6) is 0 Å². The van der Waals surface area contributed by atoms with Crippen molar-refractivity contribution < 1.29 is 4.79 Å². The first-order chi connectivity index (χ1) is 9.10. The van der Waals surface area contributed by atoms with Gasteiger partial charge in [-0.25, -0.2) is 0 Å². The molecule has 1 amide bonds. The average Bonchev–Trinajstić information content (AvgIpc) is 2.82. The molecule has 2 saturated heterocycles. The van der Waals surface area contributed by atoms with E-state index < -0.39 is 0 Å². The topological polar surface area (TPSA) is 59.0 Å². The minimum atomic E-state index is 0. The van der Waals surface area contributed by atoms with Crippen molar-refractivity contribution in [2.45, 2.75) is 64.2 Å². The Morgan fingerprint density at radius 3 is 2.48 bits per heavy atom. The summed E-state index contributed by atoms with van der Waals surface area (Å²) in [5, 5.41) is 11.1. The molecule has 2 atom stereocenters. The number of aromatic nitrogens is 2. The highest BCUT2D eigenvalue weighted by molar-refractivity contribution is 5.85. The molecule has 7 heteroatoms. The Morgan fingerprint density at radius 1 is 1.33 bits per heavy atom. The quantitative estimate of drug-likeness (QED) is 0.885. The van der Waals surface area contributed by atoms with Crippen LogP contribution in [0.2, 0.25) is 0 Å². The Balaban J connectivity index is 0.00000110. The monoisotopic (exact) mass is 334 g/mol. The third-order valence-electron chi connectivity index (χ3n) is 4.23. The molecule has 2 aliphatic heterocycles. The summed E-state index contributed by atoms with van der Waals surface area (Å²) < 4.78 is 1.78. The molecule has 120 valence electrons. The normalized spacial score (nSPS) is 26.7. The highest BCUT2D eigenvalue weighted by atomic mass is 35.5. The molecule has 0 aromatic carbocycles. The van der Waals surface area contributed by atoms with Gasteiger partial charge in [0.25, 0.3) is 0 Å². The first-order valence-electron chi connectivity index (χ1n) is 7.16. The van der Waals surface area contributed by atoms with Gasteiger partial charge < -0.3 is 10.6 Å². The number of amides is 1. The minimum Gasteiger partial charge on any atom is -0.352 e. The zero-order chi connectivity index (χ0) is 13.4. The summed E-state index contributed by atoms with van der Waals surface area (Å²) in [6, 6.07) is 3.55. The smallest absolute Gasteiger partial charge is 0.241 e. The van der Waals surface area contributed by atoms with Crippen LogP contribution in [-0.4, -0.2) is 33.8 Å². The molecular weight excluding hydrogens is 311 g/mol. The van der Waals surface area contributed by atoms with Gasteiger partial charge in [0.1, 0.15) is 6.54 Å². The number of hydrogen-bond acceptors (Lipinski definition) is 3. The molecule has 3 rings (SSSR count). The number of rotatable bonds is 3. The van der Waals surface area contributed by atoms with E-state index in [9.17, 15) is 4.79 Å². The van der Waals surface area contributed by atoms with Gasteiger partial charge in [-0.1, -0.05) is 0 Å². The number of nitrogens with zero attached hydrogens (tertiary/aromatic N) is 2. The Morgan fingerprint density at radius 2 is 1.95 bits per heavy atom. The van der Waals surface area contributed by atoms with Crippen molar-refractivity contribution in [3.05, 3.63) is 17.5 Å². The third-order valence-corrected chi connectivity index (χ3v) is 4.23. The van der Waals surface area contributed by atoms with Gasteiger partial charge in [-0.15, -0.1) is 24.8 Å². The molecule has 2 aliphatic rings. The van der Waals surface area contributed by atoms with Crippen LogP contribution >= 0.6 is 24.8 Å². The molecule has 21 heavy (non-hydrogen) atoms. The fraction of sp³-hybridized carbons (Fsp3) is 0.714. The molecule has 1 aromatic heterocycles. The van der Waals surface area contributed by atoms with Crippen molar-refractivity contribution in [2.75, 3.05) is 0 Å². The SMILES string of the molecule is Cc1cc(C)n(CC(=O)NC2CC3CCC(C2)N3)n1.Cl.Cl. The summed E-state index contributed by atoms with van der Waals surface area (Å²) in [7, 11) is 0. The maximum Gasteiger partial charge on any atom is 0.241 e. The van der Waals surface area contributed by atoms with Crippen LogP contribution in [0.15, 0.2) is 6.07 Å². The van der Waals surface area contributed by atoms with Crippen molar-refractivity contribution in [1.82, 2.24) is 20.4 Å². The fourth-order valence-electron chi connectivity index (χ4n) is 3.42. The molecule has 5 nitrogen and oxygen atoms in total. The van der Waals surface area contributed by atoms with Gasteiger partial charge in [-0.2, -0.15) is 5.10 Å². The lowest BCUT2D eigenvalue weighted by Crippen LogP contribution is -2.48. The molecule has 2 unspecified atom stereocenters. The van der Waals surface area contributed by atoms with Gasteiger partial charge in [-0.05, 0) is 45.6 Å². The molecule has 1 aromatic rings. The number of nitrogens with one attached hydrogen (secondary N) is 2. The largest absolute Gasteiger partial charge is 0.352 e. The number of halogens is 2. The van der Waals surface area contributed by atoms with Crippen LogP contribution in [-0.2, 0) is 11.3 Å². The Hall–Kier alpha value is -0.780. The summed E-state index contributed by atoms with van der Waals surface area (Å²) in [6.07, 6.45) is 4.65. The minimum absolute atomic E-state index is 0. The molecule has 2 bridgehead atoms. The molecule has 2 fully saturated rings. The van der Waals surface area contributed by atoms with Crippen LogP contribution in [0.4, 0.5) is 0 Å². The standard InChI is InChI=1S/C14H22N4O.2ClH/c1-9-5-10(2)18(17-9)8-14(19)16-13-6-11-3-4-12(7-13)15-11;;/h5,11-13,15H,3-4,6-8H2,1-2H3,(H,16,19);2*1H. The second-order valence-electron chi connectivity index (χ2n) is 5.96. The molecule has 0 saturated carbocycles. The number of carbonyl (C=O) groups is 1. The summed E-state index contributed by atoms with van der Waals surface area (Å²) in [5.41, 5.74) is 2.00. The summed E-state index contributed by atoms with van der Waals surface area (Å²) in [4.78, 5) is 12.1. The molecular formula is C14H24Cl2N4O. The van der Waals surface area contributed by atoms with E-state index in [1.807, 2.05) is 19.9 Å². The average molecular weight is 335 g/mol. The lowest BCUT2D eigenvalue weighted by Gasteiger charge is -2.29. The van der Waals surface area contributed by atoms with E-state index in [2.05, 4.69) is 15.7 Å². The van der Waals surface area contributed by atoms with Crippen molar-refractivity contribution >= 4 is 30.7 Å². The van der Waals surface area contributed by atoms with E-state index in [0.717, 1.165) is 24.2 Å². The zero-order valence-electron chi connectivity index (χ0n) is 12.5. The van der Waals surface area contributed by atoms with Gasteiger partial charge in [0.15, 0.2) is 0 Å². The second kappa shape index (κ2) is 7.47. The second-order valence-corrected chi connectivity index (χ2v) is 5.96. The number of piperidine rings is 1. The van der Waals surface area contributed by atoms with Crippen molar-refractivity contribution in [1.29, 1.82) is 0 Å². The maximum absolute atomic E-state index is 12.1. The fourth-order valence-corrected chi connectivity index (χ4v) is 3.42. The lowest BCUT2D eigenvalue weighted by molar-refractivity contribution is -0.122. The number of hydrogen-bond donors (Lipinski definition) is 2. The molecule has 0 spiro atoms. The molecule has 2 N–H and O–H groups in total. The van der Waals surface area contributed by atoms with Crippen LogP contribution in [0, 0.1) is 13.8 Å². The highest BCUT2D eigenvalue weighted by Crippen LogP contribution is 2.26. The van der Waals surface area contributed by atoms with Gasteiger partial charge in [0, 0.05) is 23.8 Å². The number of aryl methyl sites for hydroxylation is 2. The van der Waals surface area contributed by atoms with Crippen LogP contribution in [0.3, 0.4) is 0 Å². The van der Waals surface area contributed by atoms with E-state index in [-0.39, 0.29) is 30.7 Å². The van der Waals surface area contributed by atoms with E-state index in [4.69, 9.17) is 0 Å². The van der Waals surface area contributed by atoms with Gasteiger partial charge >= 0.3 is 0 Å². The Labute approximate surface area is 138 Å². The van der Waals surface area contributed by atoms with Gasteiger partial charge in [0.05, 0.1) is 5.69 Å². The van der Waals surface area contributed by atoms with E-state index in [0.29, 0.717) is 24.7 Å². The van der Waals surface area contributed by atoms with E-state index in [1.54, 1.807) is 4.68 Å². The Bertz CT molecular complexity index is 479. The Kier molecular flexibility index (Phi) is 6.50. The van der Waals surface area contributed by atoms with Crippen LogP contribution in [0.1, 0.15) is 37.1 Å². The summed E-state index contributed by atoms with van der Waals surface area (Å²) >= 11 is 0. The van der Waals surface area contributed by atoms with Crippen molar-refractivity contribution in [3.63, 3.8) is 0 Å². The first kappa shape index (κ1) is 18.3. The molecule has 0 radical (unpaired) electrons. The van der Waals surface area contributed by atoms with Gasteiger partial charge in [-0.3, -0.25) is 9.48 Å². The maximum atomic E-state index is 12.1. The first-order valence-corrected chi connectivity index (χ1v) is 7.16. The van der Waals surface area contributed by atoms with E-state index in [1.165, 1.54) is 12.8 Å². The summed E-state index contributed by atoms with van der Waals surface area (Å²) in [5.74, 6) is 0.0810. The number of fused-ring (bicyclic) bond motifs is 2. The van der Waals surface area contributed by atoms with Crippen LogP contribution in [0.25, 0.3) is 0 Å². The molecule has 0 aliphatic carbocycles.